The number of nitrogens with zero attached hydrogens (tertiary/aromatic N) is 4. The number of anilines is 2. The first-order chi connectivity index (χ1) is 22.8. The van der Waals surface area contributed by atoms with Crippen molar-refractivity contribution in [3.05, 3.63) is 46.4 Å². The van der Waals surface area contributed by atoms with Gasteiger partial charge in [0.15, 0.2) is 10.9 Å². The first-order valence-electron chi connectivity index (χ1n) is 15.1. The van der Waals surface area contributed by atoms with E-state index in [-0.39, 0.29) is 78.7 Å². The van der Waals surface area contributed by atoms with Crippen LogP contribution in [0.2, 0.25) is 5.02 Å². The lowest BCUT2D eigenvalue weighted by atomic mass is 9.88. The van der Waals surface area contributed by atoms with Crippen molar-refractivity contribution < 1.29 is 46.1 Å². The van der Waals surface area contributed by atoms with Crippen molar-refractivity contribution in [3.8, 4) is 11.9 Å². The van der Waals surface area contributed by atoms with E-state index < -0.39 is 40.3 Å². The van der Waals surface area contributed by atoms with Gasteiger partial charge in [-0.3, -0.25) is 14.5 Å². The van der Waals surface area contributed by atoms with E-state index in [0.717, 1.165) is 12.1 Å². The van der Waals surface area contributed by atoms with Crippen LogP contribution in [0.1, 0.15) is 52.7 Å². The Labute approximate surface area is 292 Å². The molecular formula is C32H38ClF4N5O6S. The monoisotopic (exact) mass is 731 g/mol. The molecule has 1 N–H and O–H groups in total. The van der Waals surface area contributed by atoms with Crippen LogP contribution in [-0.2, 0) is 30.0 Å². The summed E-state index contributed by atoms with van der Waals surface area (Å²) in [5, 5.41) is 11.7. The van der Waals surface area contributed by atoms with Crippen LogP contribution in [0.3, 0.4) is 0 Å². The van der Waals surface area contributed by atoms with Crippen LogP contribution >= 0.6 is 23.8 Å². The highest BCUT2D eigenvalue weighted by Crippen LogP contribution is 2.43. The molecule has 0 bridgehead atoms. The van der Waals surface area contributed by atoms with Crippen molar-refractivity contribution in [1.29, 1.82) is 5.26 Å². The molecule has 1 unspecified atom stereocenters. The van der Waals surface area contributed by atoms with Gasteiger partial charge in [-0.05, 0) is 50.5 Å². The Morgan fingerprint density at radius 1 is 1.08 bits per heavy atom. The maximum absolute atomic E-state index is 15.3. The number of aromatic nitrogens is 1. The van der Waals surface area contributed by atoms with E-state index in [9.17, 15) is 22.8 Å². The standard InChI is InChI=1S/C32H38ClF4N5O6S/c1-19(30(2,3)4)40-24(43)18-47-12-11-45-9-10-46-13-14-48-25-15-21(33)23(17-39-25)42-29(49)41(28(44)31(42,5)6)22-8-7-20(16-38)26(27(22)34)32(35,36)37/h7-8,15,17,19H,9-14,18H2,1-6H3,(H,40,43). The van der Waals surface area contributed by atoms with E-state index >= 15 is 4.39 Å². The van der Waals surface area contributed by atoms with Gasteiger partial charge in [0, 0.05) is 12.1 Å². The van der Waals surface area contributed by atoms with Crippen molar-refractivity contribution in [1.82, 2.24) is 10.3 Å². The number of nitriles is 1. The van der Waals surface area contributed by atoms with Gasteiger partial charge >= 0.3 is 6.18 Å². The molecule has 268 valence electrons. The minimum absolute atomic E-state index is 0.00619. The third-order valence-corrected chi connectivity index (χ3v) is 8.28. The molecule has 1 saturated heterocycles. The highest BCUT2D eigenvalue weighted by atomic mass is 35.5. The Balaban J connectivity index is 1.49. The van der Waals surface area contributed by atoms with E-state index in [0.29, 0.717) is 11.5 Å². The maximum Gasteiger partial charge on any atom is 0.420 e. The number of thiocarbonyl (C=S) groups is 1. The molecule has 3 rings (SSSR count). The van der Waals surface area contributed by atoms with E-state index in [2.05, 4.69) is 10.3 Å². The topological polar surface area (TPSA) is 126 Å². The summed E-state index contributed by atoms with van der Waals surface area (Å²) < 4.78 is 77.9. The summed E-state index contributed by atoms with van der Waals surface area (Å²) in [7, 11) is 0. The van der Waals surface area contributed by atoms with Gasteiger partial charge in [-0.2, -0.15) is 18.4 Å². The maximum atomic E-state index is 15.3. The molecule has 1 aliphatic heterocycles. The zero-order valence-corrected chi connectivity index (χ0v) is 29.4. The van der Waals surface area contributed by atoms with Crippen molar-refractivity contribution in [2.45, 2.75) is 59.3 Å². The number of halogens is 5. The molecule has 1 atom stereocenters. The molecule has 1 fully saturated rings. The summed E-state index contributed by atoms with van der Waals surface area (Å²) >= 11 is 11.9. The first-order valence-corrected chi connectivity index (χ1v) is 15.9. The fraction of sp³-hybridized carbons (Fsp3) is 0.531. The second-order valence-electron chi connectivity index (χ2n) is 12.5. The fourth-order valence-corrected chi connectivity index (χ4v) is 5.21. The molecule has 0 aliphatic carbocycles. The quantitative estimate of drug-likeness (QED) is 0.139. The third kappa shape index (κ3) is 9.76. The first kappa shape index (κ1) is 39.8. The minimum atomic E-state index is -5.20. The summed E-state index contributed by atoms with van der Waals surface area (Å²) in [5.74, 6) is -2.71. The van der Waals surface area contributed by atoms with Gasteiger partial charge < -0.3 is 29.2 Å². The Morgan fingerprint density at radius 3 is 2.22 bits per heavy atom. The molecule has 0 radical (unpaired) electrons. The van der Waals surface area contributed by atoms with Gasteiger partial charge in [-0.25, -0.2) is 9.37 Å². The van der Waals surface area contributed by atoms with Gasteiger partial charge in [0.25, 0.3) is 5.91 Å². The SMILES string of the molecule is CC(NC(=O)COCCOCCOCCOc1cc(Cl)c(N2C(=S)N(c3ccc(C#N)c(C(F)(F)F)c3F)C(=O)C2(C)C)cn1)C(C)(C)C. The highest BCUT2D eigenvalue weighted by Gasteiger charge is 2.52. The van der Waals surface area contributed by atoms with Gasteiger partial charge in [0.1, 0.15) is 24.3 Å². The number of pyridine rings is 1. The summed E-state index contributed by atoms with van der Waals surface area (Å²) in [6, 6.07) is 4.36. The number of rotatable bonds is 15. The predicted molar refractivity (Wildman–Crippen MR) is 177 cm³/mol. The van der Waals surface area contributed by atoms with E-state index in [1.54, 1.807) is 0 Å². The van der Waals surface area contributed by atoms with E-state index in [4.69, 9.17) is 48.0 Å². The van der Waals surface area contributed by atoms with Crippen LogP contribution < -0.4 is 19.9 Å². The normalized spacial score (nSPS) is 15.4. The van der Waals surface area contributed by atoms with Crippen molar-refractivity contribution in [3.63, 3.8) is 0 Å². The van der Waals surface area contributed by atoms with Crippen LogP contribution in [0.15, 0.2) is 24.4 Å². The molecule has 2 amide bonds. The van der Waals surface area contributed by atoms with Gasteiger partial charge in [0.05, 0.1) is 67.3 Å². The number of benzene rings is 1. The molecule has 17 heteroatoms. The second-order valence-corrected chi connectivity index (χ2v) is 13.3. The molecule has 49 heavy (non-hydrogen) atoms. The van der Waals surface area contributed by atoms with Crippen LogP contribution in [-0.4, -0.2) is 79.7 Å². The summed E-state index contributed by atoms with van der Waals surface area (Å²) in [6.45, 7) is 12.3. The largest absolute Gasteiger partial charge is 0.475 e. The molecule has 2 aromatic rings. The molecular weight excluding hydrogens is 694 g/mol. The summed E-state index contributed by atoms with van der Waals surface area (Å²) in [4.78, 5) is 31.4. The predicted octanol–water partition coefficient (Wildman–Crippen LogP) is 5.66. The van der Waals surface area contributed by atoms with Crippen molar-refractivity contribution in [2.24, 2.45) is 5.41 Å². The average Bonchev–Trinajstić information content (AvgIpc) is 3.17. The lowest BCUT2D eigenvalue weighted by molar-refractivity contribution is -0.140. The Morgan fingerprint density at radius 2 is 1.67 bits per heavy atom. The number of ether oxygens (including phenoxy) is 4. The fourth-order valence-electron chi connectivity index (χ4n) is 4.48. The Bertz CT molecular complexity index is 1580. The number of hydrogen-bond donors (Lipinski definition) is 1. The van der Waals surface area contributed by atoms with Crippen LogP contribution in [0.25, 0.3) is 0 Å². The summed E-state index contributed by atoms with van der Waals surface area (Å²) in [5.41, 5.74) is -4.93. The summed E-state index contributed by atoms with van der Waals surface area (Å²) in [6.07, 6.45) is -3.93. The molecule has 11 nitrogen and oxygen atoms in total. The number of carbonyl (C=O) groups is 2. The Hall–Kier alpha value is -3.62. The molecule has 2 heterocycles. The van der Waals surface area contributed by atoms with Gasteiger partial charge in [-0.1, -0.05) is 32.4 Å². The second kappa shape index (κ2) is 16.4. The van der Waals surface area contributed by atoms with Gasteiger partial charge in [-0.15, -0.1) is 0 Å². The lowest BCUT2D eigenvalue weighted by Gasteiger charge is -2.29. The minimum Gasteiger partial charge on any atom is -0.475 e. The zero-order chi connectivity index (χ0) is 36.7. The lowest BCUT2D eigenvalue weighted by Crippen LogP contribution is -2.44. The van der Waals surface area contributed by atoms with Crippen molar-refractivity contribution in [2.75, 3.05) is 56.0 Å². The smallest absolute Gasteiger partial charge is 0.420 e. The highest BCUT2D eigenvalue weighted by molar-refractivity contribution is 7.81. The zero-order valence-electron chi connectivity index (χ0n) is 27.9. The number of alkyl halides is 3. The average molecular weight is 732 g/mol. The molecule has 1 aromatic carbocycles. The number of carbonyl (C=O) groups excluding carboxylic acids is 2. The van der Waals surface area contributed by atoms with Crippen LogP contribution in [0.4, 0.5) is 28.9 Å². The van der Waals surface area contributed by atoms with E-state index in [1.807, 2.05) is 27.7 Å². The third-order valence-electron chi connectivity index (χ3n) is 7.62. The molecule has 0 spiro atoms. The van der Waals surface area contributed by atoms with Gasteiger partial charge in [0.2, 0.25) is 11.8 Å². The van der Waals surface area contributed by atoms with E-state index in [1.165, 1.54) is 37.1 Å². The number of nitrogens with one attached hydrogen (secondary N) is 1. The molecule has 1 aromatic heterocycles. The molecule has 0 saturated carbocycles. The van der Waals surface area contributed by atoms with Crippen LogP contribution in [0, 0.1) is 22.6 Å². The number of amides is 2. The Kier molecular flexibility index (Phi) is 13.3. The van der Waals surface area contributed by atoms with Crippen molar-refractivity contribution >= 4 is 52.1 Å². The van der Waals surface area contributed by atoms with Crippen LogP contribution in [0.5, 0.6) is 5.88 Å². The number of hydrogen-bond acceptors (Lipinski definition) is 9. The molecule has 1 aliphatic rings.